The number of hydrogen-bond donors (Lipinski definition) is 4. The number of hydrogen-bond acceptors (Lipinski definition) is 8. The molecule has 0 atom stereocenters. The van der Waals surface area contributed by atoms with Crippen LogP contribution in [0.3, 0.4) is 0 Å². The lowest BCUT2D eigenvalue weighted by molar-refractivity contribution is -0.125. The zero-order valence-electron chi connectivity index (χ0n) is 35.7. The number of benzene rings is 4. The highest BCUT2D eigenvalue weighted by Gasteiger charge is 2.51. The summed E-state index contributed by atoms with van der Waals surface area (Å²) in [6.07, 6.45) is 4.47. The van der Waals surface area contributed by atoms with Gasteiger partial charge in [-0.05, 0) is 137 Å². The summed E-state index contributed by atoms with van der Waals surface area (Å²) in [5.41, 5.74) is 3.49. The number of anilines is 2. The van der Waals surface area contributed by atoms with Gasteiger partial charge in [0.25, 0.3) is 0 Å². The number of piperidine rings is 2. The molecule has 0 aliphatic carbocycles. The van der Waals surface area contributed by atoms with E-state index in [2.05, 4.69) is 40.2 Å². The quantitative estimate of drug-likeness (QED) is 0.147. The van der Waals surface area contributed by atoms with Gasteiger partial charge < -0.3 is 45.7 Å². The van der Waals surface area contributed by atoms with E-state index in [1.807, 2.05) is 24.3 Å². The normalized spacial score (nSPS) is 18.3. The van der Waals surface area contributed by atoms with Gasteiger partial charge in [-0.2, -0.15) is 0 Å². The number of carbonyl (C=O) groups excluding carboxylic acids is 2. The van der Waals surface area contributed by atoms with E-state index in [1.165, 1.54) is 24.3 Å². The summed E-state index contributed by atoms with van der Waals surface area (Å²) in [4.78, 5) is 64.7. The van der Waals surface area contributed by atoms with E-state index in [4.69, 9.17) is 23.2 Å². The van der Waals surface area contributed by atoms with Crippen molar-refractivity contribution in [1.82, 2.24) is 39.5 Å². The molecule has 0 saturated carbocycles. The summed E-state index contributed by atoms with van der Waals surface area (Å²) in [5.74, 6) is -0.479. The molecule has 19 heteroatoms. The number of aromatic amines is 2. The Morgan fingerprint density at radius 3 is 1.26 bits per heavy atom. The molecule has 4 aliphatic rings. The van der Waals surface area contributed by atoms with Crippen molar-refractivity contribution in [3.8, 4) is 0 Å². The Hall–Kier alpha value is -5.72. The van der Waals surface area contributed by atoms with E-state index >= 15 is 0 Å². The van der Waals surface area contributed by atoms with E-state index in [-0.39, 0.29) is 40.3 Å². The van der Waals surface area contributed by atoms with Gasteiger partial charge in [0, 0.05) is 60.7 Å². The van der Waals surface area contributed by atoms with Gasteiger partial charge >= 0.3 is 11.4 Å². The zero-order valence-corrected chi connectivity index (χ0v) is 37.2. The van der Waals surface area contributed by atoms with Crippen LogP contribution in [-0.4, -0.2) is 110 Å². The van der Waals surface area contributed by atoms with Gasteiger partial charge in [0.15, 0.2) is 0 Å². The minimum absolute atomic E-state index is 0. The van der Waals surface area contributed by atoms with Crippen molar-refractivity contribution in [2.75, 3.05) is 62.4 Å². The summed E-state index contributed by atoms with van der Waals surface area (Å²) in [7, 11) is 0. The number of rotatable bonds is 10. The van der Waals surface area contributed by atoms with Crippen LogP contribution in [0.1, 0.15) is 38.5 Å². The number of H-pyrrole nitrogens is 2. The molecule has 6 N–H and O–H groups in total. The van der Waals surface area contributed by atoms with E-state index in [0.29, 0.717) is 62.2 Å². The molecule has 6 heterocycles. The van der Waals surface area contributed by atoms with Crippen molar-refractivity contribution in [2.45, 2.75) is 62.7 Å². The molecule has 15 nitrogen and oxygen atoms in total. The fourth-order valence-corrected chi connectivity index (χ4v) is 10.3. The van der Waals surface area contributed by atoms with Crippen LogP contribution >= 0.6 is 23.2 Å². The molecule has 65 heavy (non-hydrogen) atoms. The molecule has 2 amide bonds. The van der Waals surface area contributed by atoms with Gasteiger partial charge in [0.1, 0.15) is 22.7 Å². The van der Waals surface area contributed by atoms with Crippen LogP contribution in [0.4, 0.5) is 20.2 Å². The van der Waals surface area contributed by atoms with Crippen molar-refractivity contribution in [3.05, 3.63) is 128 Å². The molecular weight excluding hydrogens is 881 g/mol. The molecule has 6 aromatic rings. The first-order valence-corrected chi connectivity index (χ1v) is 22.5. The SMILES string of the molecule is O.O=C1NCN(c2ccc(F)cc2)C12CCN(CCCn1c(=O)[nH]c3ccc(Cl)cc31)CC2.O=C1NCN(c2ccc(F)cc2)C12CCN(CCCn1c(=O)[nH]c3ccc(Cl)cc31)CC2. The average Bonchev–Trinajstić information content (AvgIpc) is 3.99. The standard InChI is InChI=1S/2C23H25ClFN5O2.H2O/c2*24-16-2-7-19-20(14-16)29(22(32)27-19)11-1-10-28-12-8-23(9-13-28)21(31)26-15-30(23)18-5-3-17(25)4-6-18;/h2*2-7,14H,1,8-13,15H2,(H,26,31)(H,27,32);1H2. The van der Waals surface area contributed by atoms with E-state index in [9.17, 15) is 28.0 Å². The number of nitrogens with one attached hydrogen (secondary N) is 4. The first kappa shape index (κ1) is 45.8. The summed E-state index contributed by atoms with van der Waals surface area (Å²) in [6.45, 7) is 6.93. The lowest BCUT2D eigenvalue weighted by Gasteiger charge is -2.43. The van der Waals surface area contributed by atoms with Gasteiger partial charge in [-0.25, -0.2) is 18.4 Å². The predicted molar refractivity (Wildman–Crippen MR) is 249 cm³/mol. The van der Waals surface area contributed by atoms with Crippen LogP contribution in [0.2, 0.25) is 10.0 Å². The topological polar surface area (TPSA) is 178 Å². The van der Waals surface area contributed by atoms with Crippen LogP contribution in [0.25, 0.3) is 22.1 Å². The molecule has 10 rings (SSSR count). The van der Waals surface area contributed by atoms with Crippen molar-refractivity contribution in [3.63, 3.8) is 0 Å². The van der Waals surface area contributed by atoms with Crippen LogP contribution in [0, 0.1) is 11.6 Å². The smallest absolute Gasteiger partial charge is 0.326 e. The maximum absolute atomic E-state index is 13.3. The first-order valence-electron chi connectivity index (χ1n) is 21.8. The summed E-state index contributed by atoms with van der Waals surface area (Å²) >= 11 is 12.2. The van der Waals surface area contributed by atoms with Gasteiger partial charge in [-0.1, -0.05) is 23.2 Å². The van der Waals surface area contributed by atoms with Gasteiger partial charge in [-0.3, -0.25) is 18.7 Å². The van der Waals surface area contributed by atoms with Crippen molar-refractivity contribution < 1.29 is 23.8 Å². The Balaban J connectivity index is 0.000000175. The second kappa shape index (κ2) is 19.0. The number of nitrogens with zero attached hydrogens (tertiary/aromatic N) is 6. The molecule has 0 unspecified atom stereocenters. The minimum atomic E-state index is -0.584. The minimum Gasteiger partial charge on any atom is -0.412 e. The Labute approximate surface area is 383 Å². The van der Waals surface area contributed by atoms with Gasteiger partial charge in [-0.15, -0.1) is 0 Å². The maximum Gasteiger partial charge on any atom is 0.326 e. The third kappa shape index (κ3) is 9.12. The number of likely N-dealkylation sites (tertiary alicyclic amines) is 2. The molecule has 2 aromatic heterocycles. The molecule has 4 aliphatic heterocycles. The number of aryl methyl sites for hydroxylation is 2. The van der Waals surface area contributed by atoms with E-state index in [1.54, 1.807) is 45.5 Å². The molecule has 4 aromatic carbocycles. The second-order valence-corrected chi connectivity index (χ2v) is 17.9. The van der Waals surface area contributed by atoms with Crippen LogP contribution in [0.15, 0.2) is 94.5 Å². The highest BCUT2D eigenvalue weighted by molar-refractivity contribution is 6.31. The van der Waals surface area contributed by atoms with Crippen LogP contribution in [-0.2, 0) is 22.7 Å². The fraction of sp³-hybridized carbons (Fsp3) is 0.391. The second-order valence-electron chi connectivity index (χ2n) is 17.1. The van der Waals surface area contributed by atoms with Gasteiger partial charge in [0.05, 0.1) is 35.4 Å². The highest BCUT2D eigenvalue weighted by Crippen LogP contribution is 2.38. The van der Waals surface area contributed by atoms with E-state index < -0.39 is 11.1 Å². The predicted octanol–water partition coefficient (Wildman–Crippen LogP) is 5.06. The van der Waals surface area contributed by atoms with Crippen molar-refractivity contribution in [1.29, 1.82) is 0 Å². The Morgan fingerprint density at radius 2 is 0.892 bits per heavy atom. The third-order valence-electron chi connectivity index (χ3n) is 13.5. The lowest BCUT2D eigenvalue weighted by atomic mass is 9.85. The Morgan fingerprint density at radius 1 is 0.523 bits per heavy atom. The van der Waals surface area contributed by atoms with Crippen LogP contribution < -0.4 is 31.8 Å². The first-order chi connectivity index (χ1) is 30.9. The maximum atomic E-state index is 13.3. The average molecular weight is 934 g/mol. The monoisotopic (exact) mass is 932 g/mol. The van der Waals surface area contributed by atoms with E-state index in [0.717, 1.165) is 85.6 Å². The molecular formula is C46H52Cl2F2N10O5. The van der Waals surface area contributed by atoms with Crippen molar-refractivity contribution in [2.24, 2.45) is 0 Å². The fourth-order valence-electron chi connectivity index (χ4n) is 9.99. The summed E-state index contributed by atoms with van der Waals surface area (Å²) in [6, 6.07) is 23.4. The number of aromatic nitrogens is 4. The molecule has 4 saturated heterocycles. The van der Waals surface area contributed by atoms with Crippen LogP contribution in [0.5, 0.6) is 0 Å². The number of amides is 2. The molecule has 344 valence electrons. The summed E-state index contributed by atoms with van der Waals surface area (Å²) in [5, 5.41) is 7.15. The summed E-state index contributed by atoms with van der Waals surface area (Å²) < 4.78 is 30.2. The molecule has 0 bridgehead atoms. The Bertz CT molecular complexity index is 2590. The molecule has 2 spiro atoms. The Kier molecular flexibility index (Phi) is 13.4. The van der Waals surface area contributed by atoms with Gasteiger partial charge in [0.2, 0.25) is 11.8 Å². The highest BCUT2D eigenvalue weighted by atomic mass is 35.5. The number of fused-ring (bicyclic) bond motifs is 2. The number of carbonyl (C=O) groups is 2. The molecule has 4 fully saturated rings. The zero-order chi connectivity index (χ0) is 44.6. The third-order valence-corrected chi connectivity index (χ3v) is 14.0. The number of imidazole rings is 2. The lowest BCUT2D eigenvalue weighted by Crippen LogP contribution is -2.56. The van der Waals surface area contributed by atoms with Crippen molar-refractivity contribution >= 4 is 68.5 Å². The molecule has 0 radical (unpaired) electrons. The number of halogens is 4. The largest absolute Gasteiger partial charge is 0.412 e.